The highest BCUT2D eigenvalue weighted by Crippen LogP contribution is 2.32. The summed E-state index contributed by atoms with van der Waals surface area (Å²) in [6.07, 6.45) is 4.56. The number of carbonyl (C=O) groups is 1. The highest BCUT2D eigenvalue weighted by molar-refractivity contribution is 6.02. The first-order valence-electron chi connectivity index (χ1n) is 7.04. The fourth-order valence-electron chi connectivity index (χ4n) is 2.64. The molecule has 0 aliphatic rings. The quantitative estimate of drug-likeness (QED) is 0.743. The van der Waals surface area contributed by atoms with Crippen LogP contribution in [-0.2, 0) is 0 Å². The molecular weight excluding hydrogens is 276 g/mol. The molecule has 0 bridgehead atoms. The average molecular weight is 292 g/mol. The second-order valence-corrected chi connectivity index (χ2v) is 5.08. The van der Waals surface area contributed by atoms with Crippen molar-refractivity contribution in [2.24, 2.45) is 0 Å². The average Bonchev–Trinajstić information content (AvgIpc) is 2.89. The van der Waals surface area contributed by atoms with Crippen LogP contribution >= 0.6 is 0 Å². The lowest BCUT2D eigenvalue weighted by atomic mass is 10.1. The normalized spacial score (nSPS) is 11.8. The van der Waals surface area contributed by atoms with Gasteiger partial charge in [0.1, 0.15) is 11.4 Å². The van der Waals surface area contributed by atoms with Crippen LogP contribution < -0.4 is 0 Å². The van der Waals surface area contributed by atoms with Gasteiger partial charge in [-0.05, 0) is 55.8 Å². The summed E-state index contributed by atoms with van der Waals surface area (Å²) in [5.41, 5.74) is 4.04. The van der Waals surface area contributed by atoms with Crippen LogP contribution in [0, 0.1) is 0 Å². The second-order valence-electron chi connectivity index (χ2n) is 5.08. The zero-order chi connectivity index (χ0) is 15.7. The molecule has 0 amide bonds. The topological polar surface area (TPSA) is 55.1 Å². The third-order valence-electron chi connectivity index (χ3n) is 3.80. The van der Waals surface area contributed by atoms with Crippen LogP contribution in [0.15, 0.2) is 48.7 Å². The molecule has 4 nitrogen and oxygen atoms in total. The maximum atomic E-state index is 11.7. The molecule has 1 N–H and O–H groups in total. The Morgan fingerprint density at radius 2 is 1.95 bits per heavy atom. The van der Waals surface area contributed by atoms with E-state index in [4.69, 9.17) is 0 Å². The van der Waals surface area contributed by atoms with Gasteiger partial charge in [-0.15, -0.1) is 0 Å². The van der Waals surface area contributed by atoms with E-state index in [1.807, 2.05) is 48.8 Å². The molecular formula is C18H16N2O2. The zero-order valence-electron chi connectivity index (χ0n) is 12.4. The summed E-state index contributed by atoms with van der Waals surface area (Å²) in [4.78, 5) is 16.1. The lowest BCUT2D eigenvalue weighted by Gasteiger charge is -2.11. The summed E-state index contributed by atoms with van der Waals surface area (Å²) in [6.45, 7) is 3.91. The molecule has 3 rings (SSSR count). The van der Waals surface area contributed by atoms with E-state index in [9.17, 15) is 9.90 Å². The Hall–Kier alpha value is -2.88. The van der Waals surface area contributed by atoms with E-state index in [0.717, 1.165) is 34.3 Å². The predicted molar refractivity (Wildman–Crippen MR) is 87.4 cm³/mol. The number of allylic oxidation sites excluding steroid dienone is 2. The number of fused-ring (bicyclic) bond motifs is 1. The van der Waals surface area contributed by atoms with E-state index in [0.29, 0.717) is 5.56 Å². The first-order valence-corrected chi connectivity index (χ1v) is 7.04. The van der Waals surface area contributed by atoms with Gasteiger partial charge in [0.2, 0.25) is 0 Å². The molecule has 0 aliphatic carbocycles. The van der Waals surface area contributed by atoms with Crippen LogP contribution in [0.1, 0.15) is 29.9 Å². The van der Waals surface area contributed by atoms with Gasteiger partial charge in [-0.2, -0.15) is 0 Å². The summed E-state index contributed by atoms with van der Waals surface area (Å²) in [7, 11) is 0. The minimum Gasteiger partial charge on any atom is -0.508 e. The summed E-state index contributed by atoms with van der Waals surface area (Å²) in [5, 5.41) is 10.3. The number of rotatable bonds is 3. The fraction of sp³-hybridized carbons (Fsp3) is 0.111. The molecule has 0 radical (unpaired) electrons. The molecule has 2 heterocycles. The minimum atomic E-state index is 0.202. The minimum absolute atomic E-state index is 0.202. The molecule has 3 aromatic rings. The highest BCUT2D eigenvalue weighted by Gasteiger charge is 2.19. The Labute approximate surface area is 128 Å². The predicted octanol–water partition coefficient (Wildman–Crippen LogP) is 3.97. The lowest BCUT2D eigenvalue weighted by Crippen LogP contribution is -2.01. The van der Waals surface area contributed by atoms with Gasteiger partial charge in [0.15, 0.2) is 6.29 Å². The number of benzene rings is 1. The first kappa shape index (κ1) is 14.1. The van der Waals surface area contributed by atoms with Crippen molar-refractivity contribution in [2.45, 2.75) is 13.8 Å². The Morgan fingerprint density at radius 3 is 2.59 bits per heavy atom. The largest absolute Gasteiger partial charge is 0.508 e. The summed E-state index contributed by atoms with van der Waals surface area (Å²) >= 11 is 0. The van der Waals surface area contributed by atoms with Gasteiger partial charge >= 0.3 is 0 Å². The van der Waals surface area contributed by atoms with Crippen molar-refractivity contribution in [3.8, 4) is 11.4 Å². The number of pyridine rings is 1. The standard InChI is InChI=1S/C18H16N2O2/c1-3-12(2)17-16(11-21)15-5-4-10-19-18(15)20(17)13-6-8-14(22)9-7-13/h3-11,22H,1-2H3/b12-3+. The summed E-state index contributed by atoms with van der Waals surface area (Å²) in [6, 6.07) is 10.6. The van der Waals surface area contributed by atoms with E-state index in [1.165, 1.54) is 0 Å². The van der Waals surface area contributed by atoms with Gasteiger partial charge < -0.3 is 5.11 Å². The van der Waals surface area contributed by atoms with Crippen molar-refractivity contribution < 1.29 is 9.90 Å². The Bertz CT molecular complexity index is 874. The smallest absolute Gasteiger partial charge is 0.152 e. The van der Waals surface area contributed by atoms with Crippen molar-refractivity contribution >= 4 is 22.9 Å². The molecule has 0 aliphatic heterocycles. The van der Waals surface area contributed by atoms with E-state index in [-0.39, 0.29) is 5.75 Å². The van der Waals surface area contributed by atoms with Crippen molar-refractivity contribution in [1.82, 2.24) is 9.55 Å². The maximum Gasteiger partial charge on any atom is 0.152 e. The number of phenolic OH excluding ortho intramolecular Hbond substituents is 1. The summed E-state index contributed by atoms with van der Waals surface area (Å²) in [5.74, 6) is 0.202. The third-order valence-corrected chi connectivity index (χ3v) is 3.80. The van der Waals surface area contributed by atoms with E-state index < -0.39 is 0 Å². The van der Waals surface area contributed by atoms with Crippen LogP contribution in [0.25, 0.3) is 22.3 Å². The number of phenols is 1. The van der Waals surface area contributed by atoms with Gasteiger partial charge in [0, 0.05) is 22.8 Å². The van der Waals surface area contributed by atoms with Crippen molar-refractivity contribution in [2.75, 3.05) is 0 Å². The molecule has 1 aromatic carbocycles. The van der Waals surface area contributed by atoms with E-state index >= 15 is 0 Å². The molecule has 0 unspecified atom stereocenters. The number of aromatic nitrogens is 2. The van der Waals surface area contributed by atoms with E-state index in [1.54, 1.807) is 18.3 Å². The molecule has 0 spiro atoms. The van der Waals surface area contributed by atoms with Crippen LogP contribution in [0.3, 0.4) is 0 Å². The number of hydrogen-bond donors (Lipinski definition) is 1. The fourth-order valence-corrected chi connectivity index (χ4v) is 2.64. The molecule has 22 heavy (non-hydrogen) atoms. The Balaban J connectivity index is 2.46. The monoisotopic (exact) mass is 292 g/mol. The maximum absolute atomic E-state index is 11.7. The van der Waals surface area contributed by atoms with Gasteiger partial charge in [0.25, 0.3) is 0 Å². The second kappa shape index (κ2) is 5.48. The van der Waals surface area contributed by atoms with Gasteiger partial charge in [-0.3, -0.25) is 9.36 Å². The molecule has 2 aromatic heterocycles. The molecule has 4 heteroatoms. The molecule has 0 atom stereocenters. The molecule has 0 saturated heterocycles. The van der Waals surface area contributed by atoms with Crippen LogP contribution in [-0.4, -0.2) is 20.9 Å². The number of nitrogens with zero attached hydrogens (tertiary/aromatic N) is 2. The van der Waals surface area contributed by atoms with Crippen molar-refractivity contribution in [3.05, 3.63) is 59.9 Å². The Morgan fingerprint density at radius 1 is 1.23 bits per heavy atom. The Kier molecular flexibility index (Phi) is 3.51. The zero-order valence-corrected chi connectivity index (χ0v) is 12.4. The number of hydrogen-bond acceptors (Lipinski definition) is 3. The van der Waals surface area contributed by atoms with Crippen molar-refractivity contribution in [1.29, 1.82) is 0 Å². The van der Waals surface area contributed by atoms with Gasteiger partial charge in [-0.25, -0.2) is 4.98 Å². The lowest BCUT2D eigenvalue weighted by molar-refractivity contribution is 0.112. The molecule has 0 saturated carbocycles. The highest BCUT2D eigenvalue weighted by atomic mass is 16.3. The van der Waals surface area contributed by atoms with Gasteiger partial charge in [0.05, 0.1) is 5.69 Å². The van der Waals surface area contributed by atoms with Crippen LogP contribution in [0.5, 0.6) is 5.75 Å². The molecule has 110 valence electrons. The number of carbonyl (C=O) groups excluding carboxylic acids is 1. The SMILES string of the molecule is C/C=C(\C)c1c(C=O)c2cccnc2n1-c1ccc(O)cc1. The first-order chi connectivity index (χ1) is 10.7. The third kappa shape index (κ3) is 2.09. The van der Waals surface area contributed by atoms with Crippen molar-refractivity contribution in [3.63, 3.8) is 0 Å². The molecule has 0 fully saturated rings. The number of aromatic hydroxyl groups is 1. The summed E-state index contributed by atoms with van der Waals surface area (Å²) < 4.78 is 1.95. The van der Waals surface area contributed by atoms with Gasteiger partial charge in [-0.1, -0.05) is 6.08 Å². The van der Waals surface area contributed by atoms with Crippen LogP contribution in [0.4, 0.5) is 0 Å². The van der Waals surface area contributed by atoms with E-state index in [2.05, 4.69) is 4.98 Å². The number of aldehydes is 1. The van der Waals surface area contributed by atoms with Crippen LogP contribution in [0.2, 0.25) is 0 Å².